The molecule has 3 heterocycles. The number of fused-ring (bicyclic) bond motifs is 1. The number of aliphatic carboxylic acids is 1. The number of carboxylic acid groups (broad SMARTS) is 1. The Morgan fingerprint density at radius 1 is 1.08 bits per heavy atom. The topological polar surface area (TPSA) is 184 Å². The van der Waals surface area contributed by atoms with E-state index in [0.717, 1.165) is 11.8 Å². The predicted octanol–water partition coefficient (Wildman–Crippen LogP) is 4.82. The number of hydrogen-bond donors (Lipinski definition) is 2. The Balaban J connectivity index is 0.000000551. The van der Waals surface area contributed by atoms with Crippen LogP contribution in [0.1, 0.15) is 79.1 Å². The molecule has 48 heavy (non-hydrogen) atoms. The van der Waals surface area contributed by atoms with E-state index in [1.54, 1.807) is 13.3 Å². The van der Waals surface area contributed by atoms with Gasteiger partial charge in [0.25, 0.3) is 5.91 Å². The fourth-order valence-corrected chi connectivity index (χ4v) is 9.70. The summed E-state index contributed by atoms with van der Waals surface area (Å²) in [4.78, 5) is 37.3. The van der Waals surface area contributed by atoms with Gasteiger partial charge in [-0.3, -0.25) is 14.5 Å². The zero-order valence-electron chi connectivity index (χ0n) is 29.3. The number of nitriles is 1. The molecule has 0 unspecified atom stereocenters. The third kappa shape index (κ3) is 11.8. The van der Waals surface area contributed by atoms with Gasteiger partial charge in [0.1, 0.15) is 11.1 Å². The number of amides is 2. The number of aryl methyl sites for hydroxylation is 1. The standard InChI is InChI=1S/C16H36N.C15H17N7O4S4.H2O/c1-5-9-13-17(14-10-6-2,15-11-7-3)16-12-8-4;1-21-14(18-19-20-21)30-6-8-5-29-13-15(27-2,17-9(23)7-28-4-3-16)12(26)22(13)10(8)11(24)25;/h5-16H2,1-4H3;13H,4-7H2,1-2H3,(H,17,23)(H,24,25);1H2/q+1;;/p-1/t;13-,15+;/m.1./s1. The van der Waals surface area contributed by atoms with Crippen molar-refractivity contribution in [3.05, 3.63) is 11.3 Å². The van der Waals surface area contributed by atoms with Gasteiger partial charge in [-0.25, -0.2) is 9.48 Å². The van der Waals surface area contributed by atoms with Gasteiger partial charge in [0.15, 0.2) is 4.87 Å². The minimum absolute atomic E-state index is 0. The molecule has 0 spiro atoms. The van der Waals surface area contributed by atoms with Crippen LogP contribution in [0.4, 0.5) is 0 Å². The van der Waals surface area contributed by atoms with Gasteiger partial charge in [0, 0.05) is 18.6 Å². The molecule has 3 N–H and O–H groups in total. The highest BCUT2D eigenvalue weighted by Gasteiger charge is 2.65. The van der Waals surface area contributed by atoms with Crippen molar-refractivity contribution in [2.24, 2.45) is 7.05 Å². The molecule has 272 valence electrons. The first-order valence-electron chi connectivity index (χ1n) is 16.5. The van der Waals surface area contributed by atoms with E-state index in [-0.39, 0.29) is 28.6 Å². The van der Waals surface area contributed by atoms with E-state index < -0.39 is 22.1 Å². The zero-order chi connectivity index (χ0) is 34.9. The molecular weight excluding hydrogens is 693 g/mol. The SMILES string of the molecule is CCCC[N+](CCCC)(CCCC)CCCC.CS[C@@]1(NC(=O)CSCC#N)C(=O)N2C(C(=O)O)=C(CSc3nnnn3C)CS[C@@H]21.[OH-]. The van der Waals surface area contributed by atoms with E-state index in [1.165, 1.54) is 127 Å². The van der Waals surface area contributed by atoms with Gasteiger partial charge in [0.2, 0.25) is 11.1 Å². The number of hydrogen-bond acceptors (Lipinski definition) is 12. The van der Waals surface area contributed by atoms with Crippen LogP contribution < -0.4 is 5.32 Å². The summed E-state index contributed by atoms with van der Waals surface area (Å²) in [5, 5.41) is 32.3. The van der Waals surface area contributed by atoms with Gasteiger partial charge < -0.3 is 20.4 Å². The predicted molar refractivity (Wildman–Crippen MR) is 196 cm³/mol. The summed E-state index contributed by atoms with van der Waals surface area (Å²) in [6.07, 6.45) is 12.8. The van der Waals surface area contributed by atoms with Gasteiger partial charge >= 0.3 is 5.97 Å². The number of rotatable bonds is 21. The third-order valence-electron chi connectivity index (χ3n) is 8.26. The third-order valence-corrected chi connectivity index (χ3v) is 12.8. The summed E-state index contributed by atoms with van der Waals surface area (Å²) in [5.74, 6) is -1.08. The van der Waals surface area contributed by atoms with Gasteiger partial charge in [-0.05, 0) is 47.9 Å². The number of carbonyl (C=O) groups excluding carboxylic acids is 2. The van der Waals surface area contributed by atoms with Crippen molar-refractivity contribution in [1.82, 2.24) is 30.4 Å². The van der Waals surface area contributed by atoms with Crippen molar-refractivity contribution in [3.63, 3.8) is 0 Å². The van der Waals surface area contributed by atoms with Crippen LogP contribution in [-0.2, 0) is 21.4 Å². The van der Waals surface area contributed by atoms with Crippen molar-refractivity contribution >= 4 is 64.8 Å². The number of quaternary nitrogens is 1. The Kier molecular flexibility index (Phi) is 20.8. The average Bonchev–Trinajstić information content (AvgIpc) is 3.49. The number of aromatic nitrogens is 4. The summed E-state index contributed by atoms with van der Waals surface area (Å²) in [5.41, 5.74) is 0.542. The lowest BCUT2D eigenvalue weighted by molar-refractivity contribution is -0.929. The highest BCUT2D eigenvalue weighted by Crippen LogP contribution is 2.51. The Morgan fingerprint density at radius 2 is 1.65 bits per heavy atom. The normalized spacial score (nSPS) is 18.6. The Bertz CT molecular complexity index is 1210. The lowest BCUT2D eigenvalue weighted by Crippen LogP contribution is -2.78. The van der Waals surface area contributed by atoms with Crippen LogP contribution in [-0.4, -0.2) is 124 Å². The quantitative estimate of drug-likeness (QED) is 0.0575. The molecule has 2 aliphatic heterocycles. The van der Waals surface area contributed by atoms with Crippen LogP contribution in [0.5, 0.6) is 0 Å². The second kappa shape index (κ2) is 22.7. The molecule has 0 bridgehead atoms. The lowest BCUT2D eigenvalue weighted by Gasteiger charge is -2.56. The number of β-lactam (4-membered cyclic amide) rings is 1. The van der Waals surface area contributed by atoms with Gasteiger partial charge in [0.05, 0.1) is 43.8 Å². The number of nitrogens with one attached hydrogen (secondary N) is 1. The highest BCUT2D eigenvalue weighted by atomic mass is 32.2. The number of carbonyl (C=O) groups is 3. The summed E-state index contributed by atoms with van der Waals surface area (Å²) in [6, 6.07) is 1.94. The van der Waals surface area contributed by atoms with Crippen LogP contribution in [0, 0.1) is 11.3 Å². The number of nitrogens with zero attached hydrogens (tertiary/aromatic N) is 7. The van der Waals surface area contributed by atoms with Crippen molar-refractivity contribution in [1.29, 1.82) is 5.26 Å². The molecule has 17 heteroatoms. The van der Waals surface area contributed by atoms with E-state index in [1.807, 2.05) is 6.07 Å². The Labute approximate surface area is 303 Å². The van der Waals surface area contributed by atoms with E-state index in [2.05, 4.69) is 48.5 Å². The molecule has 2 amide bonds. The Morgan fingerprint density at radius 3 is 2.08 bits per heavy atom. The summed E-state index contributed by atoms with van der Waals surface area (Å²) >= 11 is 5.03. The first kappa shape index (κ1) is 44.1. The van der Waals surface area contributed by atoms with E-state index >= 15 is 0 Å². The molecule has 0 aromatic carbocycles. The maximum Gasteiger partial charge on any atom is 0.352 e. The molecule has 1 aromatic rings. The Hall–Kier alpha value is -1.97. The molecule has 2 aliphatic rings. The second-order valence-electron chi connectivity index (χ2n) is 11.8. The van der Waals surface area contributed by atoms with Gasteiger partial charge in [-0.1, -0.05) is 65.1 Å². The van der Waals surface area contributed by atoms with Gasteiger partial charge in [-0.15, -0.1) is 40.4 Å². The summed E-state index contributed by atoms with van der Waals surface area (Å²) in [6.45, 7) is 15.0. The second-order valence-corrected chi connectivity index (χ2v) is 15.8. The van der Waals surface area contributed by atoms with Crippen LogP contribution in [0.25, 0.3) is 0 Å². The first-order valence-corrected chi connectivity index (χ1v) is 20.9. The van der Waals surface area contributed by atoms with Crippen molar-refractivity contribution in [2.45, 2.75) is 94.5 Å². The monoisotopic (exact) mass is 746 g/mol. The van der Waals surface area contributed by atoms with Crippen molar-refractivity contribution in [3.8, 4) is 6.07 Å². The molecule has 0 aliphatic carbocycles. The maximum atomic E-state index is 13.0. The van der Waals surface area contributed by atoms with Crippen molar-refractivity contribution < 1.29 is 29.4 Å². The van der Waals surface area contributed by atoms with Crippen LogP contribution in [0.15, 0.2) is 16.4 Å². The first-order chi connectivity index (χ1) is 22.6. The van der Waals surface area contributed by atoms with Crippen molar-refractivity contribution in [2.75, 3.05) is 55.4 Å². The molecule has 2 atom stereocenters. The van der Waals surface area contributed by atoms with Crippen LogP contribution in [0.2, 0.25) is 0 Å². The number of tetrazole rings is 1. The number of unbranched alkanes of at least 4 members (excludes halogenated alkanes) is 4. The number of carboxylic acids is 1. The lowest BCUT2D eigenvalue weighted by atomic mass is 10.0. The molecule has 0 saturated carbocycles. The maximum absolute atomic E-state index is 13.0. The largest absolute Gasteiger partial charge is 0.870 e. The minimum Gasteiger partial charge on any atom is -0.870 e. The van der Waals surface area contributed by atoms with Gasteiger partial charge in [-0.2, -0.15) is 5.26 Å². The molecule has 1 aromatic heterocycles. The smallest absolute Gasteiger partial charge is 0.352 e. The van der Waals surface area contributed by atoms with E-state index in [9.17, 15) is 19.5 Å². The summed E-state index contributed by atoms with van der Waals surface area (Å²) < 4.78 is 2.90. The molecule has 1 saturated heterocycles. The summed E-state index contributed by atoms with van der Waals surface area (Å²) in [7, 11) is 1.68. The molecular formula is C31H54N8O5S4. The number of thioether (sulfide) groups is 4. The molecule has 1 fully saturated rings. The van der Waals surface area contributed by atoms with Crippen LogP contribution >= 0.6 is 47.0 Å². The average molecular weight is 747 g/mol. The highest BCUT2D eigenvalue weighted by molar-refractivity contribution is 8.05. The van der Waals surface area contributed by atoms with E-state index in [0.29, 0.717) is 22.2 Å². The van der Waals surface area contributed by atoms with E-state index in [4.69, 9.17) is 5.26 Å². The molecule has 3 rings (SSSR count). The fourth-order valence-electron chi connectivity index (χ4n) is 5.63. The molecule has 0 radical (unpaired) electrons. The fraction of sp³-hybridized carbons (Fsp3) is 0.774. The molecule has 13 nitrogen and oxygen atoms in total. The minimum atomic E-state index is -1.22. The van der Waals surface area contributed by atoms with Crippen LogP contribution in [0.3, 0.4) is 0 Å². The zero-order valence-corrected chi connectivity index (χ0v) is 32.5.